The van der Waals surface area contributed by atoms with Gasteiger partial charge < -0.3 is 29.9 Å². The van der Waals surface area contributed by atoms with Crippen LogP contribution in [0, 0.1) is 17.3 Å². The third-order valence-electron chi connectivity index (χ3n) is 6.18. The predicted molar refractivity (Wildman–Crippen MR) is 99.2 cm³/mol. The minimum Gasteiger partial charge on any atom is -0.466 e. The smallest absolute Gasteiger partial charge is 0.336 e. The van der Waals surface area contributed by atoms with Crippen molar-refractivity contribution in [1.29, 1.82) is 0 Å². The molecule has 0 aromatic rings. The Hall–Kier alpha value is -2.07. The molecule has 29 heavy (non-hydrogen) atoms. The van der Waals surface area contributed by atoms with Gasteiger partial charge in [-0.2, -0.15) is 0 Å². The fourth-order valence-electron chi connectivity index (χ4n) is 4.44. The van der Waals surface area contributed by atoms with Gasteiger partial charge in [-0.3, -0.25) is 4.79 Å². The van der Waals surface area contributed by atoms with Crippen LogP contribution < -0.4 is 0 Å². The average molecular weight is 412 g/mol. The Balaban J connectivity index is 2.42. The first-order valence-electron chi connectivity index (χ1n) is 9.34. The fourth-order valence-corrected chi connectivity index (χ4v) is 4.44. The zero-order valence-corrected chi connectivity index (χ0v) is 16.5. The minimum absolute atomic E-state index is 0.0312. The molecule has 0 amide bonds. The Labute approximate surface area is 168 Å². The summed E-state index contributed by atoms with van der Waals surface area (Å²) in [5, 5.41) is 40.2. The highest BCUT2D eigenvalue weighted by atomic mass is 16.5. The lowest BCUT2D eigenvalue weighted by Crippen LogP contribution is -2.62. The number of hydrogen-bond donors (Lipinski definition) is 4. The summed E-state index contributed by atoms with van der Waals surface area (Å²) in [5.74, 6) is -4.25. The first kappa shape index (κ1) is 23.2. The summed E-state index contributed by atoms with van der Waals surface area (Å²) in [6, 6.07) is 0. The summed E-state index contributed by atoms with van der Waals surface area (Å²) in [6.45, 7) is 7.92. The number of fused-ring (bicyclic) bond motifs is 1. The van der Waals surface area contributed by atoms with E-state index in [2.05, 4.69) is 17.9 Å². The van der Waals surface area contributed by atoms with E-state index >= 15 is 0 Å². The molecular weight excluding hydrogens is 384 g/mol. The van der Waals surface area contributed by atoms with Crippen molar-refractivity contribution in [2.75, 3.05) is 13.7 Å². The molecule has 0 unspecified atom stereocenters. The maximum absolute atomic E-state index is 12.6. The van der Waals surface area contributed by atoms with Crippen LogP contribution in [0.2, 0.25) is 0 Å². The molecule has 9 nitrogen and oxygen atoms in total. The molecule has 0 heterocycles. The monoisotopic (exact) mass is 412 g/mol. The van der Waals surface area contributed by atoms with Gasteiger partial charge in [-0.15, -0.1) is 0 Å². The van der Waals surface area contributed by atoms with E-state index in [1.54, 1.807) is 6.92 Å². The Bertz CT molecular complexity index is 715. The summed E-state index contributed by atoms with van der Waals surface area (Å²) in [7, 11) is 1.13. The Morgan fingerprint density at radius 2 is 1.90 bits per heavy atom. The molecule has 9 heteroatoms. The molecule has 0 bridgehead atoms. The molecule has 0 aromatic heterocycles. The zero-order valence-electron chi connectivity index (χ0n) is 16.5. The average Bonchev–Trinajstić information content (AvgIpc) is 2.68. The van der Waals surface area contributed by atoms with Crippen LogP contribution in [-0.4, -0.2) is 76.3 Å². The number of ether oxygens (including phenoxy) is 2. The van der Waals surface area contributed by atoms with E-state index in [0.29, 0.717) is 0 Å². The van der Waals surface area contributed by atoms with Gasteiger partial charge in [-0.25, -0.2) is 9.59 Å². The topological polar surface area (TPSA) is 151 Å². The van der Waals surface area contributed by atoms with E-state index in [1.165, 1.54) is 0 Å². The van der Waals surface area contributed by atoms with Gasteiger partial charge in [0.05, 0.1) is 43.3 Å². The summed E-state index contributed by atoms with van der Waals surface area (Å²) in [6.07, 6.45) is -4.80. The van der Waals surface area contributed by atoms with Crippen LogP contribution in [0.3, 0.4) is 0 Å². The van der Waals surface area contributed by atoms with Gasteiger partial charge in [0.1, 0.15) is 18.0 Å². The third-order valence-corrected chi connectivity index (χ3v) is 6.18. The summed E-state index contributed by atoms with van der Waals surface area (Å²) in [4.78, 5) is 37.0. The highest BCUT2D eigenvalue weighted by Gasteiger charge is 2.60. The van der Waals surface area contributed by atoms with Crippen LogP contribution in [0.4, 0.5) is 0 Å². The molecule has 2 fully saturated rings. The molecule has 2 aliphatic rings. The van der Waals surface area contributed by atoms with Crippen LogP contribution in [0.5, 0.6) is 0 Å². The van der Waals surface area contributed by atoms with Crippen molar-refractivity contribution >= 4 is 17.7 Å². The van der Waals surface area contributed by atoms with Crippen LogP contribution in [0.15, 0.2) is 24.3 Å². The molecule has 0 aromatic carbocycles. The van der Waals surface area contributed by atoms with Gasteiger partial charge in [0, 0.05) is 17.4 Å². The van der Waals surface area contributed by atoms with Gasteiger partial charge in [0.25, 0.3) is 0 Å². The van der Waals surface area contributed by atoms with E-state index in [0.717, 1.165) is 7.11 Å². The number of rotatable bonds is 6. The van der Waals surface area contributed by atoms with Crippen molar-refractivity contribution in [3.05, 3.63) is 24.3 Å². The molecule has 2 rings (SSSR count). The second kappa shape index (κ2) is 8.74. The molecule has 4 N–H and O–H groups in total. The number of hydrogen-bond acceptors (Lipinski definition) is 9. The standard InChI is InChI=1S/C20H28O9/c1-9(12(23)8-21)19(27)29-13-7-20(3)14(24)6-5-11(22)16(20)17(25)15(13)10(2)18(26)28-4/h12-17,21,23-25H,1-2,5-8H2,3-4H3/t12-,13-,14+,15+,16-,17+,20+/m0/s1. The van der Waals surface area contributed by atoms with Crippen molar-refractivity contribution in [3.63, 3.8) is 0 Å². The number of ketones is 1. The van der Waals surface area contributed by atoms with E-state index in [1.807, 2.05) is 0 Å². The Morgan fingerprint density at radius 3 is 2.45 bits per heavy atom. The van der Waals surface area contributed by atoms with Gasteiger partial charge in [-0.05, 0) is 12.8 Å². The second-order valence-corrected chi connectivity index (χ2v) is 7.91. The first-order valence-corrected chi connectivity index (χ1v) is 9.34. The lowest BCUT2D eigenvalue weighted by molar-refractivity contribution is -0.189. The molecule has 0 aliphatic heterocycles. The Kier molecular flexibility index (Phi) is 7.00. The molecule has 162 valence electrons. The van der Waals surface area contributed by atoms with Crippen molar-refractivity contribution in [2.24, 2.45) is 17.3 Å². The normalized spacial score (nSPS) is 35.2. The van der Waals surface area contributed by atoms with Gasteiger partial charge in [0.2, 0.25) is 0 Å². The number of Topliss-reactive ketones (excluding diaryl/α,β-unsaturated/α-hetero) is 1. The first-order chi connectivity index (χ1) is 13.5. The third kappa shape index (κ3) is 4.13. The number of methoxy groups -OCH3 is 1. The number of aliphatic hydroxyl groups is 4. The molecule has 2 saturated carbocycles. The fraction of sp³-hybridized carbons (Fsp3) is 0.650. The Morgan fingerprint density at radius 1 is 1.28 bits per heavy atom. The minimum atomic E-state index is -1.54. The highest BCUT2D eigenvalue weighted by molar-refractivity contribution is 5.91. The van der Waals surface area contributed by atoms with Crippen molar-refractivity contribution in [2.45, 2.75) is 50.6 Å². The van der Waals surface area contributed by atoms with Crippen molar-refractivity contribution in [1.82, 2.24) is 0 Å². The number of carbonyl (C=O) groups is 3. The van der Waals surface area contributed by atoms with E-state index in [-0.39, 0.29) is 30.6 Å². The van der Waals surface area contributed by atoms with Crippen LogP contribution in [-0.2, 0) is 23.9 Å². The molecule has 7 atom stereocenters. The number of aliphatic hydroxyl groups excluding tert-OH is 4. The maximum Gasteiger partial charge on any atom is 0.336 e. The lowest BCUT2D eigenvalue weighted by atomic mass is 9.53. The van der Waals surface area contributed by atoms with Crippen LogP contribution >= 0.6 is 0 Å². The highest BCUT2D eigenvalue weighted by Crippen LogP contribution is 2.52. The van der Waals surface area contributed by atoms with Gasteiger partial charge in [0.15, 0.2) is 0 Å². The molecule has 0 spiro atoms. The van der Waals surface area contributed by atoms with E-state index < -0.39 is 65.8 Å². The number of carbonyl (C=O) groups excluding carboxylic acids is 3. The van der Waals surface area contributed by atoms with Crippen molar-refractivity contribution in [3.8, 4) is 0 Å². The van der Waals surface area contributed by atoms with Gasteiger partial charge >= 0.3 is 11.9 Å². The zero-order chi connectivity index (χ0) is 22.1. The van der Waals surface area contributed by atoms with Gasteiger partial charge in [-0.1, -0.05) is 20.1 Å². The van der Waals surface area contributed by atoms with Crippen LogP contribution in [0.1, 0.15) is 26.2 Å². The maximum atomic E-state index is 12.6. The number of esters is 2. The summed E-state index contributed by atoms with van der Waals surface area (Å²) >= 11 is 0. The van der Waals surface area contributed by atoms with Crippen LogP contribution in [0.25, 0.3) is 0 Å². The van der Waals surface area contributed by atoms with E-state index in [4.69, 9.17) is 9.84 Å². The lowest BCUT2D eigenvalue weighted by Gasteiger charge is -2.54. The van der Waals surface area contributed by atoms with Crippen molar-refractivity contribution < 1.29 is 44.3 Å². The summed E-state index contributed by atoms with van der Waals surface area (Å²) in [5.41, 5.74) is -1.68. The SMILES string of the molecule is C=C(C(=O)OC)[C@H]1[C@@H](O)[C@@H]2C(=O)CC[C@@H](O)[C@@]2(C)C[C@@H]1OC(=O)C(=C)[C@@H](O)CO. The quantitative estimate of drug-likeness (QED) is 0.327. The molecule has 0 radical (unpaired) electrons. The van der Waals surface area contributed by atoms with E-state index in [9.17, 15) is 29.7 Å². The molecular formula is C20H28O9. The summed E-state index contributed by atoms with van der Waals surface area (Å²) < 4.78 is 10.1. The molecule has 2 aliphatic carbocycles. The largest absolute Gasteiger partial charge is 0.466 e. The second-order valence-electron chi connectivity index (χ2n) is 7.91. The predicted octanol–water partition coefficient (Wildman–Crippen LogP) is -0.736. The molecule has 0 saturated heterocycles.